The average Bonchev–Trinajstić information content (AvgIpc) is 2.67. The van der Waals surface area contributed by atoms with Gasteiger partial charge in [-0.3, -0.25) is 4.98 Å². The summed E-state index contributed by atoms with van der Waals surface area (Å²) in [5.41, 5.74) is 1.04. The van der Waals surface area contributed by atoms with Crippen molar-refractivity contribution in [1.29, 1.82) is 0 Å². The maximum absolute atomic E-state index is 4.32. The van der Waals surface area contributed by atoms with Crippen molar-refractivity contribution in [2.45, 2.75) is 19.9 Å². The smallest absolute Gasteiger partial charge is 0.0891 e. The minimum Gasteiger partial charge on any atom is -0.375 e. The fourth-order valence-electron chi connectivity index (χ4n) is 1.35. The van der Waals surface area contributed by atoms with Gasteiger partial charge in [-0.25, -0.2) is 0 Å². The molecule has 0 atom stereocenters. The number of anilines is 1. The highest BCUT2D eigenvalue weighted by molar-refractivity contribution is 7.19. The molecule has 0 saturated heterocycles. The molecule has 0 aliphatic rings. The van der Waals surface area contributed by atoms with Gasteiger partial charge in [-0.05, 0) is 38.1 Å². The monoisotopic (exact) mass is 218 g/mol. The van der Waals surface area contributed by atoms with Crippen LogP contribution in [0.3, 0.4) is 0 Å². The van der Waals surface area contributed by atoms with Gasteiger partial charge in [0.1, 0.15) is 0 Å². The molecule has 2 aromatic heterocycles. The van der Waals surface area contributed by atoms with Gasteiger partial charge in [0.15, 0.2) is 0 Å². The Kier molecular flexibility index (Phi) is 3.02. The number of thiophene rings is 1. The van der Waals surface area contributed by atoms with Crippen LogP contribution in [-0.2, 0) is 0 Å². The summed E-state index contributed by atoms with van der Waals surface area (Å²) >= 11 is 1.74. The lowest BCUT2D eigenvalue weighted by Gasteiger charge is -2.05. The molecule has 0 aliphatic carbocycles. The van der Waals surface area contributed by atoms with Crippen molar-refractivity contribution in [2.75, 3.05) is 5.32 Å². The predicted octanol–water partition coefficient (Wildman–Crippen LogP) is 3.63. The second-order valence-corrected chi connectivity index (χ2v) is 4.76. The Morgan fingerprint density at radius 2 is 2.07 bits per heavy atom. The van der Waals surface area contributed by atoms with Crippen LogP contribution in [0.25, 0.3) is 10.6 Å². The van der Waals surface area contributed by atoms with E-state index >= 15 is 0 Å². The molecule has 0 spiro atoms. The summed E-state index contributed by atoms with van der Waals surface area (Å²) in [5.74, 6) is 0. The van der Waals surface area contributed by atoms with Gasteiger partial charge in [-0.2, -0.15) is 0 Å². The van der Waals surface area contributed by atoms with Gasteiger partial charge in [-0.15, -0.1) is 11.3 Å². The van der Waals surface area contributed by atoms with E-state index < -0.39 is 0 Å². The average molecular weight is 218 g/mol. The zero-order valence-electron chi connectivity index (χ0n) is 8.90. The van der Waals surface area contributed by atoms with Crippen LogP contribution in [0, 0.1) is 0 Å². The Bertz CT molecular complexity index is 420. The normalized spacial score (nSPS) is 10.6. The van der Waals surface area contributed by atoms with E-state index in [1.54, 1.807) is 11.3 Å². The largest absolute Gasteiger partial charge is 0.375 e. The molecule has 0 unspecified atom stereocenters. The minimum atomic E-state index is 0.472. The first kappa shape index (κ1) is 10.2. The zero-order valence-corrected chi connectivity index (χ0v) is 9.71. The number of aromatic nitrogens is 1. The molecule has 0 aliphatic heterocycles. The van der Waals surface area contributed by atoms with E-state index in [2.05, 4.69) is 36.3 Å². The Labute approximate surface area is 94.0 Å². The maximum atomic E-state index is 4.32. The van der Waals surface area contributed by atoms with Crippen LogP contribution in [0.4, 0.5) is 5.00 Å². The highest BCUT2D eigenvalue weighted by Crippen LogP contribution is 2.30. The molecule has 1 N–H and O–H groups in total. The van der Waals surface area contributed by atoms with Gasteiger partial charge in [-0.1, -0.05) is 6.07 Å². The molecule has 2 rings (SSSR count). The third-order valence-corrected chi connectivity index (χ3v) is 2.99. The van der Waals surface area contributed by atoms with Crippen LogP contribution in [0.1, 0.15) is 13.8 Å². The van der Waals surface area contributed by atoms with Gasteiger partial charge in [0, 0.05) is 12.2 Å². The molecule has 2 nitrogen and oxygen atoms in total. The van der Waals surface area contributed by atoms with E-state index in [1.165, 1.54) is 9.88 Å². The Morgan fingerprint density at radius 1 is 1.20 bits per heavy atom. The van der Waals surface area contributed by atoms with E-state index in [9.17, 15) is 0 Å². The Morgan fingerprint density at radius 3 is 2.73 bits per heavy atom. The van der Waals surface area contributed by atoms with Gasteiger partial charge in [0.05, 0.1) is 15.6 Å². The zero-order chi connectivity index (χ0) is 10.7. The summed E-state index contributed by atoms with van der Waals surface area (Å²) in [6.07, 6.45) is 1.82. The van der Waals surface area contributed by atoms with E-state index in [4.69, 9.17) is 0 Å². The van der Waals surface area contributed by atoms with Crippen LogP contribution in [-0.4, -0.2) is 11.0 Å². The molecule has 0 amide bonds. The van der Waals surface area contributed by atoms with Crippen molar-refractivity contribution < 1.29 is 0 Å². The van der Waals surface area contributed by atoms with Gasteiger partial charge >= 0.3 is 0 Å². The minimum absolute atomic E-state index is 0.472. The maximum Gasteiger partial charge on any atom is 0.0891 e. The summed E-state index contributed by atoms with van der Waals surface area (Å²) in [6, 6.07) is 10.7. The molecule has 0 radical (unpaired) electrons. The lowest BCUT2D eigenvalue weighted by Crippen LogP contribution is -2.07. The molecular weight excluding hydrogens is 204 g/mol. The summed E-state index contributed by atoms with van der Waals surface area (Å²) in [6.45, 7) is 4.28. The van der Waals surface area contributed by atoms with Crippen LogP contribution < -0.4 is 5.32 Å². The SMILES string of the molecule is CC(C)Nc1ccc(-c2ccccn2)s1. The number of pyridine rings is 1. The number of hydrogen-bond donors (Lipinski definition) is 1. The summed E-state index contributed by atoms with van der Waals surface area (Å²) in [7, 11) is 0. The fraction of sp³-hybridized carbons (Fsp3) is 0.250. The third-order valence-electron chi connectivity index (χ3n) is 1.95. The second kappa shape index (κ2) is 4.45. The quantitative estimate of drug-likeness (QED) is 0.851. The molecule has 2 aromatic rings. The Hall–Kier alpha value is -1.35. The standard InChI is InChI=1S/C12H14N2S/c1-9(2)14-12-7-6-11(15-12)10-5-3-4-8-13-10/h3-9,14H,1-2H3. The molecule has 0 aromatic carbocycles. The predicted molar refractivity (Wildman–Crippen MR) is 66.3 cm³/mol. The Balaban J connectivity index is 2.21. The van der Waals surface area contributed by atoms with Crippen molar-refractivity contribution in [1.82, 2.24) is 4.98 Å². The number of nitrogens with zero attached hydrogens (tertiary/aromatic N) is 1. The van der Waals surface area contributed by atoms with E-state index in [1.807, 2.05) is 24.4 Å². The van der Waals surface area contributed by atoms with Crippen LogP contribution in [0.2, 0.25) is 0 Å². The van der Waals surface area contributed by atoms with Crippen molar-refractivity contribution in [3.05, 3.63) is 36.5 Å². The van der Waals surface area contributed by atoms with Gasteiger partial charge in [0.2, 0.25) is 0 Å². The van der Waals surface area contributed by atoms with Gasteiger partial charge in [0.25, 0.3) is 0 Å². The molecular formula is C12H14N2S. The summed E-state index contributed by atoms with van der Waals surface area (Å²) in [5, 5.41) is 4.59. The first-order valence-corrected chi connectivity index (χ1v) is 5.85. The van der Waals surface area contributed by atoms with E-state index in [-0.39, 0.29) is 0 Å². The highest BCUT2D eigenvalue weighted by Gasteiger charge is 2.03. The van der Waals surface area contributed by atoms with Crippen LogP contribution in [0.5, 0.6) is 0 Å². The second-order valence-electron chi connectivity index (χ2n) is 3.68. The highest BCUT2D eigenvalue weighted by atomic mass is 32.1. The first-order valence-electron chi connectivity index (χ1n) is 5.03. The van der Waals surface area contributed by atoms with Crippen molar-refractivity contribution >= 4 is 16.3 Å². The number of rotatable bonds is 3. The van der Waals surface area contributed by atoms with Crippen molar-refractivity contribution in [2.24, 2.45) is 0 Å². The first-order chi connectivity index (χ1) is 7.25. The van der Waals surface area contributed by atoms with Crippen LogP contribution >= 0.6 is 11.3 Å². The van der Waals surface area contributed by atoms with Gasteiger partial charge < -0.3 is 5.32 Å². The molecule has 0 bridgehead atoms. The molecule has 3 heteroatoms. The summed E-state index contributed by atoms with van der Waals surface area (Å²) < 4.78 is 0. The van der Waals surface area contributed by atoms with Crippen LogP contribution in [0.15, 0.2) is 36.5 Å². The van der Waals surface area contributed by atoms with Crippen molar-refractivity contribution in [3.8, 4) is 10.6 Å². The lowest BCUT2D eigenvalue weighted by atomic mass is 10.3. The summed E-state index contributed by atoms with van der Waals surface area (Å²) in [4.78, 5) is 5.53. The van der Waals surface area contributed by atoms with E-state index in [0.29, 0.717) is 6.04 Å². The fourth-order valence-corrected chi connectivity index (χ4v) is 2.38. The molecule has 78 valence electrons. The lowest BCUT2D eigenvalue weighted by molar-refractivity contribution is 0.904. The number of hydrogen-bond acceptors (Lipinski definition) is 3. The molecule has 0 fully saturated rings. The third kappa shape index (κ3) is 2.57. The molecule has 15 heavy (non-hydrogen) atoms. The molecule has 2 heterocycles. The van der Waals surface area contributed by atoms with Crippen molar-refractivity contribution in [3.63, 3.8) is 0 Å². The molecule has 0 saturated carbocycles. The van der Waals surface area contributed by atoms with E-state index in [0.717, 1.165) is 5.69 Å². The topological polar surface area (TPSA) is 24.9 Å². The number of nitrogens with one attached hydrogen (secondary N) is 1.